The van der Waals surface area contributed by atoms with Gasteiger partial charge in [0.25, 0.3) is 11.8 Å². The molecule has 0 bridgehead atoms. The summed E-state index contributed by atoms with van der Waals surface area (Å²) in [6, 6.07) is -0.195. The Bertz CT molecular complexity index is 814. The van der Waals surface area contributed by atoms with E-state index < -0.39 is 40.8 Å². The number of likely N-dealkylation sites (tertiary alicyclic amines) is 1. The van der Waals surface area contributed by atoms with Crippen molar-refractivity contribution in [3.63, 3.8) is 0 Å². The maximum Gasteiger partial charge on any atom is 0.417 e. The number of Topliss-reactive ketones (excluding diaryl/α,β-unsaturated/α-hetero) is 1. The molecule has 0 radical (unpaired) electrons. The largest absolute Gasteiger partial charge is 0.417 e. The molecule has 1 saturated heterocycles. The number of alkyl halides is 3. The number of nitrogens with zero attached hydrogens (tertiary/aromatic N) is 2. The molecular weight excluding hydrogens is 413 g/mol. The molecule has 11 heteroatoms. The highest BCUT2D eigenvalue weighted by molar-refractivity contribution is 6.38. The summed E-state index contributed by atoms with van der Waals surface area (Å²) >= 11 is 5.78. The van der Waals surface area contributed by atoms with E-state index in [9.17, 15) is 27.6 Å². The molecule has 2 heterocycles. The third-order valence-corrected chi connectivity index (χ3v) is 5.27. The molecule has 160 valence electrons. The minimum Gasteiger partial charge on any atom is -0.324 e. The Kier molecular flexibility index (Phi) is 6.77. The average Bonchev–Trinajstić information content (AvgIpc) is 3.14. The van der Waals surface area contributed by atoms with E-state index in [4.69, 9.17) is 11.6 Å². The Morgan fingerprint density at radius 2 is 1.97 bits per heavy atom. The summed E-state index contributed by atoms with van der Waals surface area (Å²) in [5, 5.41) is -0.334. The van der Waals surface area contributed by atoms with Gasteiger partial charge in [-0.25, -0.2) is 4.98 Å². The minimum absolute atomic E-state index is 0.174. The summed E-state index contributed by atoms with van der Waals surface area (Å²) in [4.78, 5) is 42.3. The van der Waals surface area contributed by atoms with Crippen LogP contribution in [0.1, 0.15) is 45.6 Å². The number of hydrazine groups is 1. The number of rotatable bonds is 6. The van der Waals surface area contributed by atoms with Crippen molar-refractivity contribution in [3.8, 4) is 0 Å². The summed E-state index contributed by atoms with van der Waals surface area (Å²) in [6.45, 7) is 5.39. The number of carbonyl (C=O) groups excluding carboxylic acids is 3. The lowest BCUT2D eigenvalue weighted by Gasteiger charge is -2.27. The van der Waals surface area contributed by atoms with Crippen molar-refractivity contribution in [1.82, 2.24) is 15.3 Å². The van der Waals surface area contributed by atoms with Crippen LogP contribution >= 0.6 is 11.6 Å². The maximum absolute atomic E-state index is 12.7. The van der Waals surface area contributed by atoms with Crippen LogP contribution in [0.25, 0.3) is 0 Å². The Hall–Kier alpha value is -2.36. The summed E-state index contributed by atoms with van der Waals surface area (Å²) in [5.41, 5.74) is 2.80. The second-order valence-corrected chi connectivity index (χ2v) is 7.80. The zero-order chi connectivity index (χ0) is 22.0. The molecule has 1 fully saturated rings. The van der Waals surface area contributed by atoms with E-state index in [0.717, 1.165) is 0 Å². The lowest BCUT2D eigenvalue weighted by Crippen LogP contribution is -2.51. The van der Waals surface area contributed by atoms with E-state index in [1.165, 1.54) is 4.90 Å². The molecule has 2 N–H and O–H groups in total. The van der Waals surface area contributed by atoms with Gasteiger partial charge >= 0.3 is 6.18 Å². The second kappa shape index (κ2) is 8.56. The molecule has 0 aliphatic carbocycles. The predicted octanol–water partition coefficient (Wildman–Crippen LogP) is 3.19. The molecule has 1 unspecified atom stereocenters. The van der Waals surface area contributed by atoms with E-state index in [0.29, 0.717) is 31.5 Å². The monoisotopic (exact) mass is 434 g/mol. The molecular formula is C18H22ClF3N4O3. The first-order chi connectivity index (χ1) is 13.4. The molecule has 0 saturated carbocycles. The Balaban J connectivity index is 2.05. The van der Waals surface area contributed by atoms with Gasteiger partial charge in [0.1, 0.15) is 6.04 Å². The molecule has 7 nitrogen and oxygen atoms in total. The first kappa shape index (κ1) is 22.9. The van der Waals surface area contributed by atoms with Crippen LogP contribution in [0.3, 0.4) is 0 Å². The summed E-state index contributed by atoms with van der Waals surface area (Å²) in [5.74, 6) is -2.08. The number of pyridine rings is 1. The van der Waals surface area contributed by atoms with Crippen molar-refractivity contribution >= 4 is 35.0 Å². The van der Waals surface area contributed by atoms with Crippen LogP contribution in [0.15, 0.2) is 12.3 Å². The van der Waals surface area contributed by atoms with Crippen molar-refractivity contribution < 1.29 is 27.6 Å². The molecule has 2 rings (SSSR count). The van der Waals surface area contributed by atoms with E-state index in [-0.39, 0.29) is 17.4 Å². The summed E-state index contributed by atoms with van der Waals surface area (Å²) in [6.07, 6.45) is -2.64. The van der Waals surface area contributed by atoms with Gasteiger partial charge in [-0.3, -0.25) is 25.2 Å². The third-order valence-electron chi connectivity index (χ3n) is 4.98. The van der Waals surface area contributed by atoms with Gasteiger partial charge in [0.05, 0.1) is 10.6 Å². The van der Waals surface area contributed by atoms with E-state index in [1.54, 1.807) is 20.8 Å². The second-order valence-electron chi connectivity index (χ2n) is 7.39. The van der Waals surface area contributed by atoms with Crippen molar-refractivity contribution in [3.05, 3.63) is 22.8 Å². The Labute approximate surface area is 171 Å². The number of amides is 2. The van der Waals surface area contributed by atoms with Crippen LogP contribution in [-0.2, 0) is 20.6 Å². The van der Waals surface area contributed by atoms with Crippen LogP contribution in [-0.4, -0.2) is 40.1 Å². The lowest BCUT2D eigenvalue weighted by molar-refractivity contribution is -0.151. The van der Waals surface area contributed by atoms with Gasteiger partial charge in [0.2, 0.25) is 5.78 Å². The number of hydrogen-bond donors (Lipinski definition) is 2. The average molecular weight is 435 g/mol. The van der Waals surface area contributed by atoms with Crippen molar-refractivity contribution in [1.29, 1.82) is 0 Å². The molecule has 1 aromatic rings. The number of hydrogen-bond acceptors (Lipinski definition) is 5. The quantitative estimate of drug-likeness (QED) is 0.530. The number of nitrogens with one attached hydrogen (secondary N) is 2. The zero-order valence-electron chi connectivity index (χ0n) is 16.2. The predicted molar refractivity (Wildman–Crippen MR) is 99.8 cm³/mol. The molecule has 1 aliphatic heterocycles. The van der Waals surface area contributed by atoms with E-state index in [2.05, 4.69) is 15.8 Å². The van der Waals surface area contributed by atoms with Gasteiger partial charge in [-0.05, 0) is 25.3 Å². The highest BCUT2D eigenvalue weighted by Crippen LogP contribution is 2.32. The fourth-order valence-corrected chi connectivity index (χ4v) is 2.97. The van der Waals surface area contributed by atoms with Crippen molar-refractivity contribution in [2.45, 2.75) is 52.3 Å². The zero-order valence-corrected chi connectivity index (χ0v) is 16.9. The smallest absolute Gasteiger partial charge is 0.324 e. The topological polar surface area (TPSA) is 91.4 Å². The van der Waals surface area contributed by atoms with E-state index >= 15 is 0 Å². The highest BCUT2D eigenvalue weighted by atomic mass is 35.5. The summed E-state index contributed by atoms with van der Waals surface area (Å²) in [7, 11) is 0. The molecule has 1 aromatic heterocycles. The molecule has 0 spiro atoms. The first-order valence-corrected chi connectivity index (χ1v) is 9.40. The number of carbonyl (C=O) groups is 3. The van der Waals surface area contributed by atoms with Crippen LogP contribution in [0.2, 0.25) is 5.02 Å². The minimum atomic E-state index is -4.60. The molecule has 1 atom stereocenters. The molecule has 29 heavy (non-hydrogen) atoms. The Morgan fingerprint density at radius 3 is 2.52 bits per heavy atom. The van der Waals surface area contributed by atoms with Crippen LogP contribution in [0.4, 0.5) is 19.0 Å². The number of anilines is 1. The van der Waals surface area contributed by atoms with Gasteiger partial charge in [-0.15, -0.1) is 0 Å². The van der Waals surface area contributed by atoms with Crippen LogP contribution < -0.4 is 10.9 Å². The third kappa shape index (κ3) is 5.17. The van der Waals surface area contributed by atoms with Crippen LogP contribution in [0, 0.1) is 5.41 Å². The molecule has 1 aliphatic rings. The highest BCUT2D eigenvalue weighted by Gasteiger charge is 2.41. The Morgan fingerprint density at radius 1 is 1.31 bits per heavy atom. The van der Waals surface area contributed by atoms with Gasteiger partial charge in [-0.2, -0.15) is 13.2 Å². The van der Waals surface area contributed by atoms with Gasteiger partial charge in [0, 0.05) is 18.2 Å². The fraction of sp³-hybridized carbons (Fsp3) is 0.556. The van der Waals surface area contributed by atoms with Gasteiger partial charge in [0.15, 0.2) is 5.82 Å². The van der Waals surface area contributed by atoms with Crippen LogP contribution in [0.5, 0.6) is 0 Å². The number of ketones is 1. The lowest BCUT2D eigenvalue weighted by atomic mass is 9.84. The maximum atomic E-state index is 12.7. The number of aromatic nitrogens is 1. The fourth-order valence-electron chi connectivity index (χ4n) is 2.75. The number of halogens is 4. The van der Waals surface area contributed by atoms with Gasteiger partial charge < -0.3 is 4.90 Å². The van der Waals surface area contributed by atoms with Crippen molar-refractivity contribution in [2.24, 2.45) is 5.41 Å². The van der Waals surface area contributed by atoms with Crippen molar-refractivity contribution in [2.75, 3.05) is 12.0 Å². The van der Waals surface area contributed by atoms with Gasteiger partial charge in [-0.1, -0.05) is 32.4 Å². The summed E-state index contributed by atoms with van der Waals surface area (Å²) < 4.78 is 38.0. The standard InChI is InChI=1S/C18H22ClF3N4O3/c1-4-17(2,3)13(27)16(29)26-7-5-6-12(26)15(28)25-24-14-11(19)8-10(9-23-14)18(20,21)22/h8-9,12H,4-7H2,1-3H3,(H,23,24)(H,25,28). The molecule has 0 aromatic carbocycles. The normalized spacial score (nSPS) is 17.2. The van der Waals surface area contributed by atoms with E-state index in [1.807, 2.05) is 0 Å². The molecule has 2 amide bonds. The SMILES string of the molecule is CCC(C)(C)C(=O)C(=O)N1CCCC1C(=O)NNc1ncc(C(F)(F)F)cc1Cl. The first-order valence-electron chi connectivity index (χ1n) is 9.02.